The monoisotopic (exact) mass is 243 g/mol. The Hall–Kier alpha value is -0.900. The quantitative estimate of drug-likeness (QED) is 0.605. The maximum absolute atomic E-state index is 10.4. The van der Waals surface area contributed by atoms with Crippen molar-refractivity contribution in [2.24, 2.45) is 0 Å². The number of rotatable bonds is 3. The number of nitro groups is 1. The smallest absolute Gasteiger partial charge is 0.214 e. The SMILES string of the molecule is C[C@H](Cc1ccc(Br)cc1)[N+](=O)[O-]. The van der Waals surface area contributed by atoms with Crippen LogP contribution in [0.25, 0.3) is 0 Å². The number of hydrogen-bond donors (Lipinski definition) is 0. The lowest BCUT2D eigenvalue weighted by Crippen LogP contribution is -2.17. The molecule has 0 unspecified atom stereocenters. The molecule has 1 aromatic rings. The van der Waals surface area contributed by atoms with Gasteiger partial charge in [-0.3, -0.25) is 10.1 Å². The van der Waals surface area contributed by atoms with Crippen molar-refractivity contribution in [3.63, 3.8) is 0 Å². The zero-order valence-electron chi connectivity index (χ0n) is 7.24. The predicted octanol–water partition coefficient (Wildman–Crippen LogP) is 2.66. The highest BCUT2D eigenvalue weighted by Crippen LogP contribution is 2.12. The molecule has 0 heterocycles. The summed E-state index contributed by atoms with van der Waals surface area (Å²) < 4.78 is 0.991. The van der Waals surface area contributed by atoms with Gasteiger partial charge < -0.3 is 0 Å². The molecule has 0 aliphatic carbocycles. The Morgan fingerprint density at radius 1 is 1.46 bits per heavy atom. The fourth-order valence-corrected chi connectivity index (χ4v) is 1.30. The van der Waals surface area contributed by atoms with Crippen LogP contribution in [0.1, 0.15) is 12.5 Å². The normalized spacial score (nSPS) is 12.5. The molecule has 0 radical (unpaired) electrons. The van der Waals surface area contributed by atoms with Crippen LogP contribution in [0.3, 0.4) is 0 Å². The third kappa shape index (κ3) is 3.14. The van der Waals surface area contributed by atoms with Crippen LogP contribution in [0.4, 0.5) is 0 Å². The summed E-state index contributed by atoms with van der Waals surface area (Å²) in [6.07, 6.45) is 0.486. The average Bonchev–Trinajstić information content (AvgIpc) is 2.08. The van der Waals surface area contributed by atoms with E-state index < -0.39 is 6.04 Å². The van der Waals surface area contributed by atoms with Gasteiger partial charge in [0.05, 0.1) is 0 Å². The van der Waals surface area contributed by atoms with Gasteiger partial charge in [0.2, 0.25) is 6.04 Å². The second-order valence-electron chi connectivity index (χ2n) is 2.96. The molecule has 0 fully saturated rings. The first-order valence-electron chi connectivity index (χ1n) is 3.97. The highest BCUT2D eigenvalue weighted by molar-refractivity contribution is 9.10. The zero-order valence-corrected chi connectivity index (χ0v) is 8.82. The summed E-state index contributed by atoms with van der Waals surface area (Å²) in [6.45, 7) is 1.61. The van der Waals surface area contributed by atoms with Crippen molar-refractivity contribution in [2.45, 2.75) is 19.4 Å². The Morgan fingerprint density at radius 2 is 2.00 bits per heavy atom. The molecule has 3 nitrogen and oxygen atoms in total. The van der Waals surface area contributed by atoms with Crippen LogP contribution in [-0.2, 0) is 6.42 Å². The van der Waals surface area contributed by atoms with Crippen molar-refractivity contribution >= 4 is 15.9 Å². The highest BCUT2D eigenvalue weighted by atomic mass is 79.9. The van der Waals surface area contributed by atoms with Crippen molar-refractivity contribution in [3.8, 4) is 0 Å². The lowest BCUT2D eigenvalue weighted by molar-refractivity contribution is -0.517. The van der Waals surface area contributed by atoms with E-state index in [0.717, 1.165) is 10.0 Å². The maximum atomic E-state index is 10.4. The Balaban J connectivity index is 2.64. The fourth-order valence-electron chi connectivity index (χ4n) is 1.04. The highest BCUT2D eigenvalue weighted by Gasteiger charge is 2.12. The van der Waals surface area contributed by atoms with Crippen LogP contribution in [0.5, 0.6) is 0 Å². The molecular formula is C9H10BrNO2. The standard InChI is InChI=1S/C9H10BrNO2/c1-7(11(12)13)6-8-2-4-9(10)5-3-8/h2-5,7H,6H2,1H3/t7-/m1/s1. The average molecular weight is 244 g/mol. The van der Waals surface area contributed by atoms with Crippen molar-refractivity contribution < 1.29 is 4.92 Å². The molecule has 0 saturated carbocycles. The number of hydrogen-bond acceptors (Lipinski definition) is 2. The second-order valence-corrected chi connectivity index (χ2v) is 3.88. The molecule has 70 valence electrons. The Labute approximate surface area is 85.0 Å². The Bertz CT molecular complexity index is 297. The van der Waals surface area contributed by atoms with Crippen molar-refractivity contribution in [1.82, 2.24) is 0 Å². The summed E-state index contributed by atoms with van der Waals surface area (Å²) >= 11 is 3.31. The summed E-state index contributed by atoms with van der Waals surface area (Å²) in [6, 6.07) is 7.05. The van der Waals surface area contributed by atoms with E-state index in [-0.39, 0.29) is 4.92 Å². The molecule has 0 bridgehead atoms. The van der Waals surface area contributed by atoms with E-state index >= 15 is 0 Å². The van der Waals surface area contributed by atoms with Crippen molar-refractivity contribution in [3.05, 3.63) is 44.4 Å². The lowest BCUT2D eigenvalue weighted by atomic mass is 10.1. The minimum absolute atomic E-state index is 0.262. The Kier molecular flexibility index (Phi) is 3.42. The van der Waals surface area contributed by atoms with Gasteiger partial charge in [-0.15, -0.1) is 0 Å². The van der Waals surface area contributed by atoms with Gasteiger partial charge in [0.1, 0.15) is 0 Å². The van der Waals surface area contributed by atoms with E-state index in [1.807, 2.05) is 24.3 Å². The molecule has 0 aromatic heterocycles. The molecule has 0 N–H and O–H groups in total. The van der Waals surface area contributed by atoms with E-state index in [1.165, 1.54) is 0 Å². The second kappa shape index (κ2) is 4.37. The summed E-state index contributed by atoms with van der Waals surface area (Å²) in [5.41, 5.74) is 0.993. The van der Waals surface area contributed by atoms with Gasteiger partial charge in [0.15, 0.2) is 0 Å². The van der Waals surface area contributed by atoms with E-state index in [4.69, 9.17) is 0 Å². The van der Waals surface area contributed by atoms with E-state index in [2.05, 4.69) is 15.9 Å². The van der Waals surface area contributed by atoms with E-state index in [0.29, 0.717) is 6.42 Å². The number of nitrogens with zero attached hydrogens (tertiary/aromatic N) is 1. The third-order valence-electron chi connectivity index (χ3n) is 1.80. The number of halogens is 1. The first-order chi connectivity index (χ1) is 6.09. The van der Waals surface area contributed by atoms with Gasteiger partial charge >= 0.3 is 0 Å². The van der Waals surface area contributed by atoms with E-state index in [9.17, 15) is 10.1 Å². The van der Waals surface area contributed by atoms with Gasteiger partial charge in [-0.2, -0.15) is 0 Å². The molecule has 1 aromatic carbocycles. The molecular weight excluding hydrogens is 234 g/mol. The summed E-state index contributed by atoms with van der Waals surface area (Å²) in [5.74, 6) is 0. The number of benzene rings is 1. The first kappa shape index (κ1) is 10.2. The van der Waals surface area contributed by atoms with Crippen LogP contribution in [0, 0.1) is 10.1 Å². The van der Waals surface area contributed by atoms with Crippen LogP contribution in [0.2, 0.25) is 0 Å². The van der Waals surface area contributed by atoms with E-state index in [1.54, 1.807) is 6.92 Å². The Morgan fingerprint density at radius 3 is 2.46 bits per heavy atom. The summed E-state index contributed by atoms with van der Waals surface area (Å²) in [7, 11) is 0. The molecule has 1 rings (SSSR count). The van der Waals surface area contributed by atoms with Crippen LogP contribution in [0.15, 0.2) is 28.7 Å². The van der Waals surface area contributed by atoms with Crippen LogP contribution in [-0.4, -0.2) is 11.0 Å². The van der Waals surface area contributed by atoms with Gasteiger partial charge in [-0.1, -0.05) is 28.1 Å². The lowest BCUT2D eigenvalue weighted by Gasteiger charge is -2.03. The molecule has 0 saturated heterocycles. The molecule has 4 heteroatoms. The predicted molar refractivity (Wildman–Crippen MR) is 54.3 cm³/mol. The summed E-state index contributed by atoms with van der Waals surface area (Å²) in [4.78, 5) is 10.1. The van der Waals surface area contributed by atoms with Gasteiger partial charge in [-0.25, -0.2) is 0 Å². The first-order valence-corrected chi connectivity index (χ1v) is 4.77. The minimum Gasteiger partial charge on any atom is -0.264 e. The topological polar surface area (TPSA) is 43.1 Å². The molecule has 0 aliphatic rings. The van der Waals surface area contributed by atoms with Gasteiger partial charge in [0, 0.05) is 22.7 Å². The van der Waals surface area contributed by atoms with Crippen molar-refractivity contribution in [2.75, 3.05) is 0 Å². The van der Waals surface area contributed by atoms with Gasteiger partial charge in [-0.05, 0) is 17.7 Å². The third-order valence-corrected chi connectivity index (χ3v) is 2.33. The van der Waals surface area contributed by atoms with Crippen LogP contribution < -0.4 is 0 Å². The maximum Gasteiger partial charge on any atom is 0.214 e. The molecule has 1 atom stereocenters. The molecule has 0 amide bonds. The molecule has 0 spiro atoms. The van der Waals surface area contributed by atoms with Gasteiger partial charge in [0.25, 0.3) is 0 Å². The molecule has 0 aliphatic heterocycles. The fraction of sp³-hybridized carbons (Fsp3) is 0.333. The van der Waals surface area contributed by atoms with Crippen LogP contribution >= 0.6 is 15.9 Å². The summed E-state index contributed by atoms with van der Waals surface area (Å²) in [5, 5.41) is 10.4. The minimum atomic E-state index is -0.513. The zero-order chi connectivity index (χ0) is 9.84. The largest absolute Gasteiger partial charge is 0.264 e. The van der Waals surface area contributed by atoms with Crippen molar-refractivity contribution in [1.29, 1.82) is 0 Å². The molecule has 13 heavy (non-hydrogen) atoms.